The van der Waals surface area contributed by atoms with Crippen molar-refractivity contribution in [3.8, 4) is 0 Å². The Morgan fingerprint density at radius 2 is 2.00 bits per heavy atom. The number of carbonyl (C=O) groups is 2. The predicted molar refractivity (Wildman–Crippen MR) is 80.2 cm³/mol. The number of carbonyl (C=O) groups excluding carboxylic acids is 1. The summed E-state index contributed by atoms with van der Waals surface area (Å²) in [6.45, 7) is 0.958. The van der Waals surface area contributed by atoms with Crippen molar-refractivity contribution in [3.05, 3.63) is 29.6 Å². The first kappa shape index (κ1) is 18.8. The molecular formula is C13H17FN2O6S. The zero-order valence-electron chi connectivity index (χ0n) is 12.7. The highest BCUT2D eigenvalue weighted by Gasteiger charge is 2.35. The molecule has 1 aromatic carbocycles. The number of sulfonamides is 1. The van der Waals surface area contributed by atoms with Gasteiger partial charge in [-0.3, -0.25) is 9.52 Å². The number of ether oxygens (including phenoxy) is 1. The molecule has 0 bridgehead atoms. The van der Waals surface area contributed by atoms with E-state index in [4.69, 9.17) is 9.84 Å². The summed E-state index contributed by atoms with van der Waals surface area (Å²) >= 11 is 0. The van der Waals surface area contributed by atoms with Gasteiger partial charge in [0.1, 0.15) is 5.82 Å². The summed E-state index contributed by atoms with van der Waals surface area (Å²) in [7, 11) is -2.46. The minimum Gasteiger partial charge on any atom is -0.479 e. The summed E-state index contributed by atoms with van der Waals surface area (Å²) in [6, 6.07) is 2.98. The second-order valence-corrected chi connectivity index (χ2v) is 6.84. The molecule has 0 aromatic heterocycles. The number of carboxylic acids is 1. The molecule has 1 amide bonds. The maximum Gasteiger partial charge on any atom is 0.331 e. The Balaban J connectivity index is 3.09. The summed E-state index contributed by atoms with van der Waals surface area (Å²) in [5, 5.41) is 11.4. The van der Waals surface area contributed by atoms with Crippen LogP contribution in [0, 0.1) is 5.82 Å². The fourth-order valence-corrected chi connectivity index (χ4v) is 2.26. The van der Waals surface area contributed by atoms with Gasteiger partial charge in [0.25, 0.3) is 5.91 Å². The van der Waals surface area contributed by atoms with Gasteiger partial charge in [-0.2, -0.15) is 0 Å². The molecule has 0 spiro atoms. The van der Waals surface area contributed by atoms with E-state index in [-0.39, 0.29) is 12.2 Å². The van der Waals surface area contributed by atoms with E-state index in [1.807, 2.05) is 4.72 Å². The third-order valence-electron chi connectivity index (χ3n) is 2.82. The number of benzene rings is 1. The van der Waals surface area contributed by atoms with Gasteiger partial charge in [-0.05, 0) is 25.1 Å². The number of nitrogens with one attached hydrogen (secondary N) is 2. The van der Waals surface area contributed by atoms with Crippen LogP contribution in [0.2, 0.25) is 0 Å². The molecule has 8 nitrogen and oxygen atoms in total. The van der Waals surface area contributed by atoms with Gasteiger partial charge in [-0.15, -0.1) is 0 Å². The molecule has 0 saturated carbocycles. The van der Waals surface area contributed by atoms with Crippen molar-refractivity contribution in [2.75, 3.05) is 24.7 Å². The second kappa shape index (κ2) is 6.92. The number of anilines is 1. The van der Waals surface area contributed by atoms with Crippen molar-refractivity contribution in [2.24, 2.45) is 0 Å². The number of methoxy groups -OCH3 is 1. The predicted octanol–water partition coefficient (Wildman–Crippen LogP) is 0.417. The number of aliphatic carboxylic acids is 1. The van der Waals surface area contributed by atoms with Crippen LogP contribution in [0.3, 0.4) is 0 Å². The molecule has 3 N–H and O–H groups in total. The lowest BCUT2D eigenvalue weighted by Gasteiger charge is -2.25. The van der Waals surface area contributed by atoms with E-state index in [0.29, 0.717) is 0 Å². The Labute approximate surface area is 132 Å². The highest BCUT2D eigenvalue weighted by atomic mass is 32.2. The number of hydrogen-bond acceptors (Lipinski definition) is 5. The first-order valence-corrected chi connectivity index (χ1v) is 8.20. The van der Waals surface area contributed by atoms with Crippen LogP contribution in [0.4, 0.5) is 10.1 Å². The molecule has 0 fully saturated rings. The highest BCUT2D eigenvalue weighted by molar-refractivity contribution is 7.92. The van der Waals surface area contributed by atoms with Crippen LogP contribution >= 0.6 is 0 Å². The number of amides is 1. The van der Waals surface area contributed by atoms with Gasteiger partial charge < -0.3 is 15.2 Å². The Kier molecular flexibility index (Phi) is 5.67. The van der Waals surface area contributed by atoms with Crippen molar-refractivity contribution < 1.29 is 32.2 Å². The van der Waals surface area contributed by atoms with Gasteiger partial charge in [0.15, 0.2) is 5.54 Å². The van der Waals surface area contributed by atoms with E-state index in [1.165, 1.54) is 14.0 Å². The molecule has 0 aliphatic heterocycles. The van der Waals surface area contributed by atoms with E-state index in [0.717, 1.165) is 24.5 Å². The van der Waals surface area contributed by atoms with Gasteiger partial charge in [0.2, 0.25) is 10.0 Å². The average Bonchev–Trinajstić information content (AvgIpc) is 2.39. The van der Waals surface area contributed by atoms with Gasteiger partial charge in [0.05, 0.1) is 18.6 Å². The topological polar surface area (TPSA) is 122 Å². The number of rotatable bonds is 7. The normalized spacial score (nSPS) is 13.9. The molecule has 1 aromatic rings. The van der Waals surface area contributed by atoms with E-state index < -0.39 is 38.9 Å². The Morgan fingerprint density at radius 1 is 1.39 bits per heavy atom. The summed E-state index contributed by atoms with van der Waals surface area (Å²) in [6.07, 6.45) is 0.833. The molecule has 0 aliphatic rings. The fourth-order valence-electron chi connectivity index (χ4n) is 1.71. The maximum absolute atomic E-state index is 13.6. The standard InChI is InChI=1S/C13H17FN2O6S/c1-13(7-22-2,12(18)19)15-11(17)8-4-5-9(14)10(6-8)16-23(3,20)21/h4-6,16H,7H2,1-3H3,(H,15,17)(H,18,19). The van der Waals surface area contributed by atoms with Gasteiger partial charge in [-0.25, -0.2) is 17.6 Å². The van der Waals surface area contributed by atoms with Crippen LogP contribution in [0.15, 0.2) is 18.2 Å². The van der Waals surface area contributed by atoms with Gasteiger partial charge in [-0.1, -0.05) is 0 Å². The Morgan fingerprint density at radius 3 is 2.48 bits per heavy atom. The summed E-state index contributed by atoms with van der Waals surface area (Å²) in [5.41, 5.74) is -2.21. The monoisotopic (exact) mass is 348 g/mol. The van der Waals surface area contributed by atoms with Crippen LogP contribution in [0.1, 0.15) is 17.3 Å². The largest absolute Gasteiger partial charge is 0.479 e. The SMILES string of the molecule is COCC(C)(NC(=O)c1ccc(F)c(NS(C)(=O)=O)c1)C(=O)O. The zero-order chi connectivity index (χ0) is 17.8. The van der Waals surface area contributed by atoms with Crippen molar-refractivity contribution in [2.45, 2.75) is 12.5 Å². The van der Waals surface area contributed by atoms with Crippen molar-refractivity contribution in [1.29, 1.82) is 0 Å². The molecule has 10 heteroatoms. The second-order valence-electron chi connectivity index (χ2n) is 5.09. The molecule has 1 unspecified atom stereocenters. The summed E-state index contributed by atoms with van der Waals surface area (Å²) in [5.74, 6) is -3.00. The van der Waals surface area contributed by atoms with E-state index in [9.17, 15) is 22.4 Å². The molecule has 1 atom stereocenters. The maximum atomic E-state index is 13.6. The fraction of sp³-hybridized carbons (Fsp3) is 0.385. The van der Waals surface area contributed by atoms with E-state index in [1.54, 1.807) is 0 Å². The third-order valence-corrected chi connectivity index (χ3v) is 3.41. The lowest BCUT2D eigenvalue weighted by atomic mass is 10.0. The quantitative estimate of drug-likeness (QED) is 0.656. The molecule has 128 valence electrons. The van der Waals surface area contributed by atoms with Gasteiger partial charge in [0, 0.05) is 12.7 Å². The molecular weight excluding hydrogens is 331 g/mol. The minimum atomic E-state index is -3.74. The lowest BCUT2D eigenvalue weighted by molar-refractivity contribution is -0.145. The van der Waals surface area contributed by atoms with Gasteiger partial charge >= 0.3 is 5.97 Å². The lowest BCUT2D eigenvalue weighted by Crippen LogP contribution is -2.55. The van der Waals surface area contributed by atoms with Crippen LogP contribution in [0.25, 0.3) is 0 Å². The average molecular weight is 348 g/mol. The first-order valence-electron chi connectivity index (χ1n) is 6.31. The molecule has 0 saturated heterocycles. The Bertz CT molecular complexity index is 721. The molecule has 0 heterocycles. The highest BCUT2D eigenvalue weighted by Crippen LogP contribution is 2.18. The van der Waals surface area contributed by atoms with Crippen LogP contribution in [-0.2, 0) is 19.6 Å². The number of halogens is 1. The van der Waals surface area contributed by atoms with Crippen molar-refractivity contribution in [1.82, 2.24) is 5.32 Å². The summed E-state index contributed by atoms with van der Waals surface area (Å²) in [4.78, 5) is 23.4. The molecule has 23 heavy (non-hydrogen) atoms. The zero-order valence-corrected chi connectivity index (χ0v) is 13.5. The van der Waals surface area contributed by atoms with Crippen LogP contribution < -0.4 is 10.0 Å². The van der Waals surface area contributed by atoms with E-state index in [2.05, 4.69) is 5.32 Å². The molecule has 1 rings (SSSR count). The molecule has 0 aliphatic carbocycles. The minimum absolute atomic E-state index is 0.110. The number of carboxylic acid groups (broad SMARTS) is 1. The van der Waals surface area contributed by atoms with Crippen LogP contribution in [-0.4, -0.2) is 50.9 Å². The van der Waals surface area contributed by atoms with Crippen LogP contribution in [0.5, 0.6) is 0 Å². The van der Waals surface area contributed by atoms with E-state index >= 15 is 0 Å². The Hall–Kier alpha value is -2.20. The first-order chi connectivity index (χ1) is 10.5. The van der Waals surface area contributed by atoms with Crippen molar-refractivity contribution in [3.63, 3.8) is 0 Å². The summed E-state index contributed by atoms with van der Waals surface area (Å²) < 4.78 is 42.6. The smallest absolute Gasteiger partial charge is 0.331 e. The molecule has 0 radical (unpaired) electrons. The van der Waals surface area contributed by atoms with Crippen molar-refractivity contribution >= 4 is 27.6 Å². The third kappa shape index (κ3) is 5.18. The number of hydrogen-bond donors (Lipinski definition) is 3.